The van der Waals surface area contributed by atoms with Crippen LogP contribution in [0.25, 0.3) is 0 Å². The van der Waals surface area contributed by atoms with Gasteiger partial charge in [-0.25, -0.2) is 0 Å². The number of aryl methyl sites for hydroxylation is 2. The Labute approximate surface area is 173 Å². The predicted octanol–water partition coefficient (Wildman–Crippen LogP) is 2.42. The molecule has 1 fully saturated rings. The molecule has 2 aromatic carbocycles. The third-order valence-corrected chi connectivity index (χ3v) is 5.79. The summed E-state index contributed by atoms with van der Waals surface area (Å²) in [5, 5.41) is 4.21. The quantitative estimate of drug-likeness (QED) is 0.754. The molecule has 1 saturated heterocycles. The number of benzene rings is 2. The summed E-state index contributed by atoms with van der Waals surface area (Å²) in [6.07, 6.45) is 0. The molecule has 2 N–H and O–H groups in total. The third kappa shape index (κ3) is 4.75. The van der Waals surface area contributed by atoms with Gasteiger partial charge in [0.25, 0.3) is 0 Å². The van der Waals surface area contributed by atoms with E-state index in [2.05, 4.69) is 48.3 Å². The predicted molar refractivity (Wildman–Crippen MR) is 118 cm³/mol. The largest absolute Gasteiger partial charge is 0.493 e. The van der Waals surface area contributed by atoms with Crippen LogP contribution < -0.4 is 19.7 Å². The summed E-state index contributed by atoms with van der Waals surface area (Å²) in [5.41, 5.74) is 4.84. The van der Waals surface area contributed by atoms with Crippen molar-refractivity contribution in [3.05, 3.63) is 53.1 Å². The lowest BCUT2D eigenvalue weighted by atomic mass is 10.1. The number of ether oxygens (including phenoxy) is 2. The van der Waals surface area contributed by atoms with Crippen molar-refractivity contribution in [1.82, 2.24) is 4.90 Å². The number of nitrogens with one attached hydrogen (secondary N) is 2. The average Bonchev–Trinajstić information content (AvgIpc) is 2.71. The van der Waals surface area contributed by atoms with Gasteiger partial charge in [-0.1, -0.05) is 18.2 Å². The minimum atomic E-state index is 0.788. The molecule has 0 atom stereocenters. The number of rotatable bonds is 5. The first-order chi connectivity index (χ1) is 13.5. The summed E-state index contributed by atoms with van der Waals surface area (Å²) < 4.78 is 10.9. The van der Waals surface area contributed by atoms with Crippen LogP contribution in [0.2, 0.25) is 0 Å². The van der Waals surface area contributed by atoms with Gasteiger partial charge in [-0.3, -0.25) is 0 Å². The van der Waals surface area contributed by atoms with Gasteiger partial charge in [0.05, 0.1) is 40.4 Å². The normalized spacial score (nSPS) is 14.6. The zero-order chi connectivity index (χ0) is 20.1. The maximum atomic E-state index is 5.64. The van der Waals surface area contributed by atoms with Crippen molar-refractivity contribution in [1.29, 1.82) is 0 Å². The van der Waals surface area contributed by atoms with Crippen molar-refractivity contribution >= 4 is 23.0 Å². The average molecular weight is 401 g/mol. The molecule has 5 nitrogen and oxygen atoms in total. The molecule has 1 aliphatic rings. The summed E-state index contributed by atoms with van der Waals surface area (Å²) in [5.74, 6) is 1.58. The van der Waals surface area contributed by atoms with Gasteiger partial charge >= 0.3 is 0 Å². The van der Waals surface area contributed by atoms with Crippen LogP contribution in [-0.4, -0.2) is 50.4 Å². The number of nitrogens with zero attached hydrogens (tertiary/aromatic N) is 1. The SMILES string of the molecule is COc1cc(C)c(C[NH+]2CCN(C(=S)Nc3ccccc3C)CC2)cc1OC. The summed E-state index contributed by atoms with van der Waals surface area (Å²) in [7, 11) is 3.36. The monoisotopic (exact) mass is 400 g/mol. The molecular weight excluding hydrogens is 370 g/mol. The lowest BCUT2D eigenvalue weighted by Crippen LogP contribution is -3.13. The van der Waals surface area contributed by atoms with Gasteiger partial charge in [0, 0.05) is 11.3 Å². The van der Waals surface area contributed by atoms with E-state index in [-0.39, 0.29) is 0 Å². The van der Waals surface area contributed by atoms with Crippen molar-refractivity contribution in [2.75, 3.05) is 45.7 Å². The lowest BCUT2D eigenvalue weighted by Gasteiger charge is -2.34. The highest BCUT2D eigenvalue weighted by Crippen LogP contribution is 2.29. The van der Waals surface area contributed by atoms with Crippen LogP contribution in [0.3, 0.4) is 0 Å². The molecule has 0 amide bonds. The molecule has 28 heavy (non-hydrogen) atoms. The van der Waals surface area contributed by atoms with E-state index >= 15 is 0 Å². The Morgan fingerprint density at radius 2 is 1.68 bits per heavy atom. The van der Waals surface area contributed by atoms with Gasteiger partial charge in [-0.2, -0.15) is 0 Å². The van der Waals surface area contributed by atoms with E-state index in [9.17, 15) is 0 Å². The van der Waals surface area contributed by atoms with Crippen LogP contribution in [0.1, 0.15) is 16.7 Å². The van der Waals surface area contributed by atoms with Crippen LogP contribution >= 0.6 is 12.2 Å². The van der Waals surface area contributed by atoms with E-state index in [1.807, 2.05) is 12.1 Å². The summed E-state index contributed by atoms with van der Waals surface area (Å²) >= 11 is 5.64. The maximum Gasteiger partial charge on any atom is 0.173 e. The number of para-hydroxylation sites is 1. The van der Waals surface area contributed by atoms with Crippen molar-refractivity contribution in [3.63, 3.8) is 0 Å². The lowest BCUT2D eigenvalue weighted by molar-refractivity contribution is -0.917. The minimum absolute atomic E-state index is 0.788. The van der Waals surface area contributed by atoms with Crippen LogP contribution in [0.5, 0.6) is 11.5 Å². The van der Waals surface area contributed by atoms with E-state index in [1.165, 1.54) is 16.7 Å². The van der Waals surface area contributed by atoms with Crippen LogP contribution in [-0.2, 0) is 6.54 Å². The van der Waals surface area contributed by atoms with E-state index in [1.54, 1.807) is 19.1 Å². The van der Waals surface area contributed by atoms with Gasteiger partial charge < -0.3 is 24.6 Å². The van der Waals surface area contributed by atoms with Gasteiger partial charge in [-0.15, -0.1) is 0 Å². The van der Waals surface area contributed by atoms with E-state index in [4.69, 9.17) is 21.7 Å². The number of hydrogen-bond donors (Lipinski definition) is 2. The molecule has 1 heterocycles. The zero-order valence-electron chi connectivity index (χ0n) is 17.2. The third-order valence-electron chi connectivity index (χ3n) is 5.43. The van der Waals surface area contributed by atoms with Crippen molar-refractivity contribution < 1.29 is 14.4 Å². The highest BCUT2D eigenvalue weighted by molar-refractivity contribution is 7.80. The smallest absolute Gasteiger partial charge is 0.173 e. The second-order valence-corrected chi connectivity index (χ2v) is 7.68. The summed E-state index contributed by atoms with van der Waals surface area (Å²) in [6.45, 7) is 9.25. The van der Waals surface area contributed by atoms with Gasteiger partial charge in [0.15, 0.2) is 16.6 Å². The summed E-state index contributed by atoms with van der Waals surface area (Å²) in [4.78, 5) is 3.83. The molecule has 0 aromatic heterocycles. The van der Waals surface area contributed by atoms with Crippen LogP contribution in [0, 0.1) is 13.8 Å². The molecule has 2 aromatic rings. The van der Waals surface area contributed by atoms with Gasteiger partial charge in [0.2, 0.25) is 0 Å². The van der Waals surface area contributed by atoms with Crippen molar-refractivity contribution in [3.8, 4) is 11.5 Å². The molecule has 1 aliphatic heterocycles. The Bertz CT molecular complexity index is 833. The first kappa shape index (κ1) is 20.4. The minimum Gasteiger partial charge on any atom is -0.493 e. The fourth-order valence-corrected chi connectivity index (χ4v) is 3.89. The molecule has 0 aliphatic carbocycles. The second-order valence-electron chi connectivity index (χ2n) is 7.29. The van der Waals surface area contributed by atoms with E-state index < -0.39 is 0 Å². The molecular formula is C22H30N3O2S+. The first-order valence-electron chi connectivity index (χ1n) is 9.68. The molecule has 0 bridgehead atoms. The Balaban J connectivity index is 1.57. The molecule has 0 spiro atoms. The van der Waals surface area contributed by atoms with Crippen LogP contribution in [0.4, 0.5) is 5.69 Å². The highest BCUT2D eigenvalue weighted by Gasteiger charge is 2.23. The second kappa shape index (κ2) is 9.26. The standard InChI is InChI=1S/C22H29N3O2S/c1-16-7-5-6-8-19(16)23-22(28)25-11-9-24(10-12-25)15-18-14-21(27-4)20(26-3)13-17(18)2/h5-8,13-14H,9-12,15H2,1-4H3,(H,23,28)/p+1. The van der Waals surface area contributed by atoms with E-state index in [0.29, 0.717) is 0 Å². The number of anilines is 1. The maximum absolute atomic E-state index is 5.64. The fraction of sp³-hybridized carbons (Fsp3) is 0.409. The Kier molecular flexibility index (Phi) is 6.75. The molecule has 6 heteroatoms. The molecule has 0 unspecified atom stereocenters. The highest BCUT2D eigenvalue weighted by atomic mass is 32.1. The molecule has 150 valence electrons. The topological polar surface area (TPSA) is 38.2 Å². The number of thiocarbonyl (C=S) groups is 1. The van der Waals surface area contributed by atoms with Gasteiger partial charge in [-0.05, 0) is 55.4 Å². The number of piperazine rings is 1. The Morgan fingerprint density at radius 1 is 1.04 bits per heavy atom. The zero-order valence-corrected chi connectivity index (χ0v) is 18.0. The van der Waals surface area contributed by atoms with Crippen LogP contribution in [0.15, 0.2) is 36.4 Å². The Hall–Kier alpha value is -2.31. The number of quaternary nitrogens is 1. The number of methoxy groups -OCH3 is 2. The number of hydrogen-bond acceptors (Lipinski definition) is 3. The van der Waals surface area contributed by atoms with Crippen molar-refractivity contribution in [2.45, 2.75) is 20.4 Å². The fourth-order valence-electron chi connectivity index (χ4n) is 3.59. The molecule has 3 rings (SSSR count). The van der Waals surface area contributed by atoms with E-state index in [0.717, 1.165) is 55.0 Å². The summed E-state index contributed by atoms with van der Waals surface area (Å²) in [6, 6.07) is 12.4. The first-order valence-corrected chi connectivity index (χ1v) is 10.1. The van der Waals surface area contributed by atoms with Crippen molar-refractivity contribution in [2.24, 2.45) is 0 Å². The van der Waals surface area contributed by atoms with Gasteiger partial charge in [0.1, 0.15) is 6.54 Å². The molecule has 0 saturated carbocycles. The molecule has 0 radical (unpaired) electrons. The Morgan fingerprint density at radius 3 is 2.32 bits per heavy atom.